The van der Waals surface area contributed by atoms with Crippen molar-refractivity contribution in [1.82, 2.24) is 0 Å². The topological polar surface area (TPSA) is 12.4 Å². The van der Waals surface area contributed by atoms with Crippen molar-refractivity contribution in [3.63, 3.8) is 0 Å². The van der Waals surface area contributed by atoms with E-state index < -0.39 is 0 Å². The first-order valence-electron chi connectivity index (χ1n) is 2.95. The number of hydrogen-bond acceptors (Lipinski definition) is 1. The quantitative estimate of drug-likeness (QED) is 0.483. The molecule has 0 N–H and O–H groups in total. The van der Waals surface area contributed by atoms with Crippen molar-refractivity contribution in [3.05, 3.63) is 12.2 Å². The molecule has 0 aliphatic carbocycles. The van der Waals surface area contributed by atoms with Gasteiger partial charge in [0.15, 0.2) is 0 Å². The lowest BCUT2D eigenvalue weighted by atomic mass is 10.4. The van der Waals surface area contributed by atoms with Gasteiger partial charge in [-0.2, -0.15) is 0 Å². The predicted octanol–water partition coefficient (Wildman–Crippen LogP) is 2.04. The van der Waals surface area contributed by atoms with Gasteiger partial charge in [-0.1, -0.05) is 6.08 Å². The summed E-state index contributed by atoms with van der Waals surface area (Å²) >= 11 is 0. The van der Waals surface area contributed by atoms with Crippen LogP contribution in [0.1, 0.15) is 20.8 Å². The zero-order valence-electron chi connectivity index (χ0n) is 5.81. The molecule has 0 rings (SSSR count). The van der Waals surface area contributed by atoms with Crippen molar-refractivity contribution in [3.8, 4) is 0 Å². The van der Waals surface area contributed by atoms with E-state index in [2.05, 4.69) is 4.99 Å². The van der Waals surface area contributed by atoms with Crippen LogP contribution in [0.25, 0.3) is 0 Å². The average molecular weight is 111 g/mol. The molecular formula is C7H13N. The van der Waals surface area contributed by atoms with E-state index in [1.54, 1.807) is 0 Å². The molecule has 1 heteroatoms. The van der Waals surface area contributed by atoms with Gasteiger partial charge in [0.05, 0.1) is 0 Å². The molecule has 0 bridgehead atoms. The van der Waals surface area contributed by atoms with Crippen LogP contribution in [0.5, 0.6) is 0 Å². The minimum atomic E-state index is 0.885. The van der Waals surface area contributed by atoms with Gasteiger partial charge >= 0.3 is 0 Å². The largest absolute Gasteiger partial charge is 0.290 e. The summed E-state index contributed by atoms with van der Waals surface area (Å²) in [4.78, 5) is 4.14. The fraction of sp³-hybridized carbons (Fsp3) is 0.571. The fourth-order valence-electron chi connectivity index (χ4n) is 0.543. The highest BCUT2D eigenvalue weighted by atomic mass is 14.7. The first-order chi connectivity index (χ1) is 3.81. The van der Waals surface area contributed by atoms with Crippen LogP contribution in [0.2, 0.25) is 0 Å². The Morgan fingerprint density at radius 1 is 1.62 bits per heavy atom. The molecule has 0 spiro atoms. The lowest BCUT2D eigenvalue weighted by Crippen LogP contribution is -1.83. The van der Waals surface area contributed by atoms with Gasteiger partial charge in [0.2, 0.25) is 0 Å². The third kappa shape index (κ3) is 3.59. The average Bonchev–Trinajstić information content (AvgIpc) is 1.68. The Kier molecular flexibility index (Phi) is 4.23. The summed E-state index contributed by atoms with van der Waals surface area (Å²) in [5.41, 5.74) is 1.11. The van der Waals surface area contributed by atoms with Gasteiger partial charge in [-0.15, -0.1) is 0 Å². The molecule has 0 amide bonds. The van der Waals surface area contributed by atoms with E-state index in [9.17, 15) is 0 Å². The minimum Gasteiger partial charge on any atom is -0.290 e. The lowest BCUT2D eigenvalue weighted by Gasteiger charge is -1.85. The van der Waals surface area contributed by atoms with Crippen LogP contribution < -0.4 is 0 Å². The molecule has 0 heterocycles. The second kappa shape index (κ2) is 4.57. The number of nitrogens with zero attached hydrogens (tertiary/aromatic N) is 1. The maximum absolute atomic E-state index is 4.14. The zero-order chi connectivity index (χ0) is 6.41. The van der Waals surface area contributed by atoms with Gasteiger partial charge in [0, 0.05) is 12.3 Å². The lowest BCUT2D eigenvalue weighted by molar-refractivity contribution is 1.13. The maximum atomic E-state index is 4.14. The van der Waals surface area contributed by atoms with Gasteiger partial charge in [0.1, 0.15) is 0 Å². The SMILES string of the molecule is C/C=C/C(C)=NCC. The third-order valence-corrected chi connectivity index (χ3v) is 0.815. The molecule has 8 heavy (non-hydrogen) atoms. The normalized spacial score (nSPS) is 13.1. The van der Waals surface area contributed by atoms with Crippen molar-refractivity contribution in [2.24, 2.45) is 4.99 Å². The van der Waals surface area contributed by atoms with E-state index in [0.717, 1.165) is 12.3 Å². The Bertz CT molecular complexity index is 101. The van der Waals surface area contributed by atoms with E-state index in [1.807, 2.05) is 32.9 Å². The molecule has 0 saturated carbocycles. The Labute approximate surface area is 51.1 Å². The van der Waals surface area contributed by atoms with Crippen molar-refractivity contribution in [2.75, 3.05) is 6.54 Å². The molecule has 0 aliphatic rings. The molecule has 0 aromatic heterocycles. The van der Waals surface area contributed by atoms with Crippen molar-refractivity contribution >= 4 is 5.71 Å². The molecule has 0 atom stereocenters. The molecule has 0 unspecified atom stereocenters. The Balaban J connectivity index is 3.61. The summed E-state index contributed by atoms with van der Waals surface area (Å²) in [6.07, 6.45) is 4.00. The highest BCUT2D eigenvalue weighted by Crippen LogP contribution is 1.79. The first kappa shape index (κ1) is 7.41. The number of allylic oxidation sites excluding steroid dienone is 2. The van der Waals surface area contributed by atoms with Crippen molar-refractivity contribution < 1.29 is 0 Å². The van der Waals surface area contributed by atoms with E-state index in [1.165, 1.54) is 0 Å². The zero-order valence-corrected chi connectivity index (χ0v) is 5.81. The van der Waals surface area contributed by atoms with Crippen LogP contribution in [0.3, 0.4) is 0 Å². The van der Waals surface area contributed by atoms with Gasteiger partial charge < -0.3 is 0 Å². The summed E-state index contributed by atoms with van der Waals surface area (Å²) in [5, 5.41) is 0. The molecular weight excluding hydrogens is 98.1 g/mol. The molecule has 0 fully saturated rings. The Morgan fingerprint density at radius 3 is 2.62 bits per heavy atom. The standard InChI is InChI=1S/C7H13N/c1-4-6-7(3)8-5-2/h4,6H,5H2,1-3H3/b6-4+,8-7?. The highest BCUT2D eigenvalue weighted by Gasteiger charge is 1.75. The summed E-state index contributed by atoms with van der Waals surface area (Å²) in [7, 11) is 0. The van der Waals surface area contributed by atoms with Crippen LogP contribution in [-0.4, -0.2) is 12.3 Å². The van der Waals surface area contributed by atoms with Crippen molar-refractivity contribution in [1.29, 1.82) is 0 Å². The third-order valence-electron chi connectivity index (χ3n) is 0.815. The molecule has 0 aromatic carbocycles. The Hall–Kier alpha value is -0.590. The monoisotopic (exact) mass is 111 g/mol. The van der Waals surface area contributed by atoms with E-state index in [0.29, 0.717) is 0 Å². The van der Waals surface area contributed by atoms with Gasteiger partial charge in [-0.3, -0.25) is 4.99 Å². The number of rotatable bonds is 2. The second-order valence-electron chi connectivity index (χ2n) is 1.62. The Morgan fingerprint density at radius 2 is 2.25 bits per heavy atom. The predicted molar refractivity (Wildman–Crippen MR) is 38.5 cm³/mol. The summed E-state index contributed by atoms with van der Waals surface area (Å²) < 4.78 is 0. The molecule has 1 nitrogen and oxygen atoms in total. The van der Waals surface area contributed by atoms with Crippen LogP contribution in [0.15, 0.2) is 17.1 Å². The van der Waals surface area contributed by atoms with E-state index >= 15 is 0 Å². The molecule has 0 radical (unpaired) electrons. The highest BCUT2D eigenvalue weighted by molar-refractivity contribution is 5.92. The number of hydrogen-bond donors (Lipinski definition) is 0. The summed E-state index contributed by atoms with van der Waals surface area (Å²) in [6.45, 7) is 6.92. The molecule has 0 saturated heterocycles. The van der Waals surface area contributed by atoms with Crippen molar-refractivity contribution in [2.45, 2.75) is 20.8 Å². The smallest absolute Gasteiger partial charge is 0.0364 e. The van der Waals surface area contributed by atoms with Crippen LogP contribution in [0, 0.1) is 0 Å². The van der Waals surface area contributed by atoms with Crippen LogP contribution in [-0.2, 0) is 0 Å². The van der Waals surface area contributed by atoms with Crippen LogP contribution >= 0.6 is 0 Å². The first-order valence-corrected chi connectivity index (χ1v) is 2.95. The summed E-state index contributed by atoms with van der Waals surface area (Å²) in [6, 6.07) is 0. The molecule has 46 valence electrons. The molecule has 0 aliphatic heterocycles. The summed E-state index contributed by atoms with van der Waals surface area (Å²) in [5.74, 6) is 0. The molecule has 0 aromatic rings. The van der Waals surface area contributed by atoms with Crippen LogP contribution in [0.4, 0.5) is 0 Å². The fourth-order valence-corrected chi connectivity index (χ4v) is 0.543. The van der Waals surface area contributed by atoms with Gasteiger partial charge in [-0.25, -0.2) is 0 Å². The van der Waals surface area contributed by atoms with E-state index in [-0.39, 0.29) is 0 Å². The number of aliphatic imine (C=N–C) groups is 1. The minimum absolute atomic E-state index is 0.885. The maximum Gasteiger partial charge on any atom is 0.0364 e. The van der Waals surface area contributed by atoms with Gasteiger partial charge in [-0.05, 0) is 26.8 Å². The van der Waals surface area contributed by atoms with Gasteiger partial charge in [0.25, 0.3) is 0 Å². The van der Waals surface area contributed by atoms with E-state index in [4.69, 9.17) is 0 Å². The second-order valence-corrected chi connectivity index (χ2v) is 1.62.